The Balaban J connectivity index is 2.88. The Kier molecular flexibility index (Phi) is 2.58. The normalized spacial score (nSPS) is 25.3. The molecule has 1 atom stereocenters. The van der Waals surface area contributed by atoms with Gasteiger partial charge in [-0.25, -0.2) is 0 Å². The maximum Gasteiger partial charge on any atom is 0.0717 e. The van der Waals surface area contributed by atoms with Crippen LogP contribution in [0.5, 0.6) is 0 Å². The van der Waals surface area contributed by atoms with Crippen LogP contribution in [0.1, 0.15) is 6.92 Å². The summed E-state index contributed by atoms with van der Waals surface area (Å²) in [4.78, 5) is 0. The number of hydrogen-bond donors (Lipinski definition) is 0. The number of halogens is 2. The molecule has 0 aromatic rings. The number of rotatable bonds is 0. The zero-order valence-corrected chi connectivity index (χ0v) is 7.15. The molecular weight excluding hydrogens is 167 g/mol. The first-order valence-corrected chi connectivity index (χ1v) is 3.88. The topological polar surface area (TPSA) is 0 Å². The Labute approximate surface area is 70.8 Å². The van der Waals surface area contributed by atoms with Crippen LogP contribution in [-0.4, -0.2) is 5.38 Å². The van der Waals surface area contributed by atoms with E-state index in [1.54, 1.807) is 6.08 Å². The van der Waals surface area contributed by atoms with Crippen molar-refractivity contribution < 1.29 is 0 Å². The maximum absolute atomic E-state index is 5.80. The predicted molar refractivity (Wildman–Crippen MR) is 46.5 cm³/mol. The zero-order chi connectivity index (χ0) is 7.56. The van der Waals surface area contributed by atoms with E-state index in [-0.39, 0.29) is 5.38 Å². The van der Waals surface area contributed by atoms with Crippen LogP contribution in [0, 0.1) is 0 Å². The molecule has 0 aromatic heterocycles. The third-order valence-electron chi connectivity index (χ3n) is 1.23. The second-order valence-electron chi connectivity index (χ2n) is 2.24. The average molecular weight is 175 g/mol. The van der Waals surface area contributed by atoms with Gasteiger partial charge >= 0.3 is 0 Å². The molecule has 10 heavy (non-hydrogen) atoms. The highest BCUT2D eigenvalue weighted by Gasteiger charge is 1.99. The SMILES string of the molecule is CC1=CC(Cl)=CC(Cl)C=C1. The molecule has 0 bridgehead atoms. The van der Waals surface area contributed by atoms with E-state index in [0.717, 1.165) is 5.57 Å². The molecule has 0 amide bonds. The van der Waals surface area contributed by atoms with Crippen molar-refractivity contribution >= 4 is 23.2 Å². The minimum Gasteiger partial charge on any atom is -0.114 e. The van der Waals surface area contributed by atoms with E-state index in [0.29, 0.717) is 5.03 Å². The van der Waals surface area contributed by atoms with Gasteiger partial charge in [0.05, 0.1) is 5.38 Å². The first-order valence-electron chi connectivity index (χ1n) is 3.06. The molecule has 1 aliphatic rings. The van der Waals surface area contributed by atoms with Crippen LogP contribution in [0.2, 0.25) is 0 Å². The van der Waals surface area contributed by atoms with E-state index in [2.05, 4.69) is 0 Å². The highest BCUT2D eigenvalue weighted by Crippen LogP contribution is 2.16. The van der Waals surface area contributed by atoms with Crippen molar-refractivity contribution in [3.63, 3.8) is 0 Å². The predicted octanol–water partition coefficient (Wildman–Crippen LogP) is 3.23. The lowest BCUT2D eigenvalue weighted by Crippen LogP contribution is -1.83. The molecule has 0 aromatic carbocycles. The minimum atomic E-state index is -0.0683. The van der Waals surface area contributed by atoms with Crippen molar-refractivity contribution in [2.45, 2.75) is 12.3 Å². The van der Waals surface area contributed by atoms with Crippen LogP contribution < -0.4 is 0 Å². The molecule has 0 N–H and O–H groups in total. The lowest BCUT2D eigenvalue weighted by molar-refractivity contribution is 1.39. The Morgan fingerprint density at radius 1 is 1.50 bits per heavy atom. The second kappa shape index (κ2) is 3.27. The highest BCUT2D eigenvalue weighted by atomic mass is 35.5. The molecule has 0 spiro atoms. The molecule has 0 fully saturated rings. The van der Waals surface area contributed by atoms with Crippen LogP contribution in [0.4, 0.5) is 0 Å². The molecule has 54 valence electrons. The molecule has 0 saturated heterocycles. The first kappa shape index (κ1) is 7.90. The lowest BCUT2D eigenvalue weighted by atomic mass is 10.3. The smallest absolute Gasteiger partial charge is 0.0717 e. The van der Waals surface area contributed by atoms with Crippen molar-refractivity contribution in [2.75, 3.05) is 0 Å². The van der Waals surface area contributed by atoms with Crippen molar-refractivity contribution in [3.05, 3.63) is 34.9 Å². The van der Waals surface area contributed by atoms with E-state index in [9.17, 15) is 0 Å². The Bertz CT molecular complexity index is 211. The highest BCUT2D eigenvalue weighted by molar-refractivity contribution is 6.32. The summed E-state index contributed by atoms with van der Waals surface area (Å²) in [6, 6.07) is 0. The summed E-state index contributed by atoms with van der Waals surface area (Å²) in [5.41, 5.74) is 1.13. The van der Waals surface area contributed by atoms with Gasteiger partial charge in [-0.2, -0.15) is 0 Å². The van der Waals surface area contributed by atoms with Crippen LogP contribution in [0.3, 0.4) is 0 Å². The summed E-state index contributed by atoms with van der Waals surface area (Å²) < 4.78 is 0. The molecule has 1 unspecified atom stereocenters. The monoisotopic (exact) mass is 174 g/mol. The van der Waals surface area contributed by atoms with Crippen molar-refractivity contribution in [1.82, 2.24) is 0 Å². The van der Waals surface area contributed by atoms with Gasteiger partial charge < -0.3 is 0 Å². The van der Waals surface area contributed by atoms with Gasteiger partial charge in [0.25, 0.3) is 0 Å². The van der Waals surface area contributed by atoms with Gasteiger partial charge in [0.2, 0.25) is 0 Å². The largest absolute Gasteiger partial charge is 0.114 e. The fourth-order valence-electron chi connectivity index (χ4n) is 0.765. The molecule has 0 aliphatic heterocycles. The molecule has 2 heteroatoms. The second-order valence-corrected chi connectivity index (χ2v) is 3.18. The first-order chi connectivity index (χ1) is 4.68. The Morgan fingerprint density at radius 2 is 2.20 bits per heavy atom. The van der Waals surface area contributed by atoms with Crippen LogP contribution in [-0.2, 0) is 0 Å². The maximum atomic E-state index is 5.80. The summed E-state index contributed by atoms with van der Waals surface area (Å²) in [7, 11) is 0. The quantitative estimate of drug-likeness (QED) is 0.495. The van der Waals surface area contributed by atoms with Crippen molar-refractivity contribution in [2.24, 2.45) is 0 Å². The van der Waals surface area contributed by atoms with Gasteiger partial charge in [-0.1, -0.05) is 23.8 Å². The van der Waals surface area contributed by atoms with E-state index in [1.165, 1.54) is 0 Å². The van der Waals surface area contributed by atoms with E-state index in [1.807, 2.05) is 25.2 Å². The van der Waals surface area contributed by atoms with Gasteiger partial charge in [0.15, 0.2) is 0 Å². The Hall–Kier alpha value is -0.200. The molecule has 0 heterocycles. The summed E-state index contributed by atoms with van der Waals surface area (Å²) >= 11 is 11.6. The average Bonchev–Trinajstić information content (AvgIpc) is 1.93. The molecule has 1 rings (SSSR count). The van der Waals surface area contributed by atoms with Crippen LogP contribution in [0.15, 0.2) is 34.9 Å². The van der Waals surface area contributed by atoms with Gasteiger partial charge in [0.1, 0.15) is 0 Å². The number of allylic oxidation sites excluding steroid dienone is 6. The molecule has 1 aliphatic carbocycles. The third-order valence-corrected chi connectivity index (χ3v) is 1.73. The van der Waals surface area contributed by atoms with Gasteiger partial charge in [-0.05, 0) is 24.6 Å². The number of hydrogen-bond acceptors (Lipinski definition) is 0. The van der Waals surface area contributed by atoms with Crippen molar-refractivity contribution in [1.29, 1.82) is 0 Å². The minimum absolute atomic E-state index is 0.0683. The fraction of sp³-hybridized carbons (Fsp3) is 0.250. The fourth-order valence-corrected chi connectivity index (χ4v) is 1.35. The summed E-state index contributed by atoms with van der Waals surface area (Å²) in [5.74, 6) is 0. The lowest BCUT2D eigenvalue weighted by Gasteiger charge is -1.90. The van der Waals surface area contributed by atoms with Gasteiger partial charge in [0, 0.05) is 5.03 Å². The standard InChI is InChI=1S/C8H8Cl2/c1-6-2-3-7(9)5-8(10)4-6/h2-5,7H,1H3. The molecular formula is C8H8Cl2. The summed E-state index contributed by atoms with van der Waals surface area (Å²) in [5, 5.41) is 0.642. The van der Waals surface area contributed by atoms with E-state index < -0.39 is 0 Å². The van der Waals surface area contributed by atoms with Crippen molar-refractivity contribution in [3.8, 4) is 0 Å². The molecule has 0 radical (unpaired) electrons. The van der Waals surface area contributed by atoms with Gasteiger partial charge in [-0.15, -0.1) is 11.6 Å². The molecule has 0 nitrogen and oxygen atoms in total. The van der Waals surface area contributed by atoms with Crippen LogP contribution >= 0.6 is 23.2 Å². The molecule has 0 saturated carbocycles. The van der Waals surface area contributed by atoms with E-state index >= 15 is 0 Å². The Morgan fingerprint density at radius 3 is 2.90 bits per heavy atom. The van der Waals surface area contributed by atoms with Crippen LogP contribution in [0.25, 0.3) is 0 Å². The zero-order valence-electron chi connectivity index (χ0n) is 5.64. The summed E-state index contributed by atoms with van der Waals surface area (Å²) in [6.07, 6.45) is 7.56. The summed E-state index contributed by atoms with van der Waals surface area (Å²) in [6.45, 7) is 1.99. The number of alkyl halides is 1. The van der Waals surface area contributed by atoms with Gasteiger partial charge in [-0.3, -0.25) is 0 Å². The third kappa shape index (κ3) is 2.20. The van der Waals surface area contributed by atoms with E-state index in [4.69, 9.17) is 23.2 Å².